The van der Waals surface area contributed by atoms with Gasteiger partial charge in [0.05, 0.1) is 0 Å². The first-order chi connectivity index (χ1) is 9.29. The summed E-state index contributed by atoms with van der Waals surface area (Å²) in [4.78, 5) is 10.3. The fraction of sp³-hybridized carbons (Fsp3) is 0.706. The monoisotopic (exact) mass is 264 g/mol. The molecule has 0 aromatic heterocycles. The molecule has 0 aliphatic heterocycles. The second-order valence-corrected chi connectivity index (χ2v) is 5.55. The lowest BCUT2D eigenvalue weighted by Crippen LogP contribution is -1.93. The van der Waals surface area contributed by atoms with Crippen molar-refractivity contribution in [1.29, 1.82) is 0 Å². The highest BCUT2D eigenvalue weighted by atomic mass is 16.4. The van der Waals surface area contributed by atoms with Gasteiger partial charge < -0.3 is 5.11 Å². The van der Waals surface area contributed by atoms with Crippen LogP contribution in [-0.4, -0.2) is 11.1 Å². The first-order valence-electron chi connectivity index (χ1n) is 7.86. The van der Waals surface area contributed by atoms with Gasteiger partial charge in [-0.2, -0.15) is 0 Å². The van der Waals surface area contributed by atoms with E-state index < -0.39 is 5.97 Å². The molecule has 1 N–H and O–H groups in total. The number of hydrogen-bond acceptors (Lipinski definition) is 1. The highest BCUT2D eigenvalue weighted by molar-refractivity contribution is 5.66. The lowest BCUT2D eigenvalue weighted by Gasteiger charge is -2.05. The van der Waals surface area contributed by atoms with Gasteiger partial charge in [0.25, 0.3) is 0 Å². The van der Waals surface area contributed by atoms with Crippen LogP contribution in [0.4, 0.5) is 0 Å². The molecule has 2 nitrogen and oxygen atoms in total. The van der Waals surface area contributed by atoms with Crippen molar-refractivity contribution in [1.82, 2.24) is 0 Å². The Morgan fingerprint density at radius 1 is 0.789 bits per heavy atom. The third kappa shape index (κ3) is 9.52. The molecular weight excluding hydrogens is 236 g/mol. The molecule has 0 aromatic rings. The molecule has 0 heterocycles. The normalized spacial score (nSPS) is 14.3. The van der Waals surface area contributed by atoms with Crippen molar-refractivity contribution in [2.45, 2.75) is 70.6 Å². The number of unbranched alkanes of at least 4 members (excludes halogenated alkanes) is 8. The Morgan fingerprint density at radius 2 is 1.26 bits per heavy atom. The zero-order valence-corrected chi connectivity index (χ0v) is 12.0. The smallest absolute Gasteiger partial charge is 0.303 e. The van der Waals surface area contributed by atoms with E-state index in [0.717, 1.165) is 12.8 Å². The van der Waals surface area contributed by atoms with Gasteiger partial charge >= 0.3 is 5.97 Å². The van der Waals surface area contributed by atoms with E-state index in [9.17, 15) is 4.79 Å². The molecule has 0 radical (unpaired) electrons. The van der Waals surface area contributed by atoms with Gasteiger partial charge in [0.2, 0.25) is 0 Å². The summed E-state index contributed by atoms with van der Waals surface area (Å²) >= 11 is 0. The predicted octanol–water partition coefficient (Wildman–Crippen LogP) is 5.10. The molecular formula is C17H28O2. The molecule has 1 aliphatic carbocycles. The molecule has 0 aromatic carbocycles. The minimum Gasteiger partial charge on any atom is -0.481 e. The maximum absolute atomic E-state index is 10.3. The zero-order chi connectivity index (χ0) is 13.8. The standard InChI is InChI=1S/C17H28O2/c18-17(19)15-9-7-5-3-1-2-4-6-8-12-16-13-10-11-14-16/h10-11,13-14,16H,1-9,12,15H2,(H,18,19). The number of carboxylic acids is 1. The topological polar surface area (TPSA) is 37.3 Å². The minimum absolute atomic E-state index is 0.337. The van der Waals surface area contributed by atoms with Gasteiger partial charge in [-0.15, -0.1) is 0 Å². The summed E-state index contributed by atoms with van der Waals surface area (Å²) in [6.07, 6.45) is 21.6. The van der Waals surface area contributed by atoms with E-state index in [1.165, 1.54) is 51.4 Å². The maximum atomic E-state index is 10.3. The van der Waals surface area contributed by atoms with Crippen LogP contribution in [0.5, 0.6) is 0 Å². The number of aliphatic carboxylic acids is 1. The highest BCUT2D eigenvalue weighted by Crippen LogP contribution is 2.18. The molecule has 0 fully saturated rings. The number of carboxylic acid groups (broad SMARTS) is 1. The molecule has 108 valence electrons. The van der Waals surface area contributed by atoms with Gasteiger partial charge in [-0.1, -0.05) is 75.7 Å². The largest absolute Gasteiger partial charge is 0.481 e. The van der Waals surface area contributed by atoms with Crippen LogP contribution in [0.25, 0.3) is 0 Å². The third-order valence-corrected chi connectivity index (χ3v) is 3.76. The van der Waals surface area contributed by atoms with Crippen LogP contribution in [0.2, 0.25) is 0 Å². The van der Waals surface area contributed by atoms with Crippen molar-refractivity contribution >= 4 is 5.97 Å². The minimum atomic E-state index is -0.660. The molecule has 0 atom stereocenters. The summed E-state index contributed by atoms with van der Waals surface area (Å²) in [6, 6.07) is 0. The van der Waals surface area contributed by atoms with Gasteiger partial charge in [0, 0.05) is 6.42 Å². The molecule has 19 heavy (non-hydrogen) atoms. The van der Waals surface area contributed by atoms with E-state index in [2.05, 4.69) is 24.3 Å². The van der Waals surface area contributed by atoms with E-state index in [1.54, 1.807) is 0 Å². The Morgan fingerprint density at radius 3 is 1.79 bits per heavy atom. The lowest BCUT2D eigenvalue weighted by atomic mass is 10.0. The van der Waals surface area contributed by atoms with Crippen LogP contribution in [0.15, 0.2) is 24.3 Å². The van der Waals surface area contributed by atoms with E-state index in [0.29, 0.717) is 12.3 Å². The van der Waals surface area contributed by atoms with Gasteiger partial charge in [0.15, 0.2) is 0 Å². The Balaban J connectivity index is 1.72. The highest BCUT2D eigenvalue weighted by Gasteiger charge is 2.02. The second kappa shape index (κ2) is 10.8. The van der Waals surface area contributed by atoms with Crippen LogP contribution < -0.4 is 0 Å². The predicted molar refractivity (Wildman–Crippen MR) is 80.2 cm³/mol. The Labute approximate surface area is 117 Å². The summed E-state index contributed by atoms with van der Waals surface area (Å²) < 4.78 is 0. The van der Waals surface area contributed by atoms with Crippen LogP contribution in [0.1, 0.15) is 70.6 Å². The lowest BCUT2D eigenvalue weighted by molar-refractivity contribution is -0.137. The van der Waals surface area contributed by atoms with Crippen LogP contribution >= 0.6 is 0 Å². The van der Waals surface area contributed by atoms with E-state index in [1.807, 2.05) is 0 Å². The quantitative estimate of drug-likeness (QED) is 0.498. The van der Waals surface area contributed by atoms with E-state index in [4.69, 9.17) is 5.11 Å². The molecule has 2 heteroatoms. The molecule has 1 rings (SSSR count). The van der Waals surface area contributed by atoms with E-state index >= 15 is 0 Å². The second-order valence-electron chi connectivity index (χ2n) is 5.55. The first kappa shape index (κ1) is 16.0. The van der Waals surface area contributed by atoms with Crippen LogP contribution in [-0.2, 0) is 4.79 Å². The average molecular weight is 264 g/mol. The molecule has 0 saturated carbocycles. The summed E-state index contributed by atoms with van der Waals surface area (Å²) in [5, 5.41) is 8.51. The van der Waals surface area contributed by atoms with E-state index in [-0.39, 0.29) is 0 Å². The molecule has 0 saturated heterocycles. The Kier molecular flexibility index (Phi) is 9.13. The number of allylic oxidation sites excluding steroid dienone is 4. The van der Waals surface area contributed by atoms with Gasteiger partial charge in [-0.25, -0.2) is 0 Å². The van der Waals surface area contributed by atoms with Crippen molar-refractivity contribution in [3.63, 3.8) is 0 Å². The fourth-order valence-electron chi connectivity index (χ4n) is 2.56. The molecule has 0 amide bonds. The average Bonchev–Trinajstić information content (AvgIpc) is 2.88. The van der Waals surface area contributed by atoms with Gasteiger partial charge in [-0.05, 0) is 18.8 Å². The summed E-state index contributed by atoms with van der Waals surface area (Å²) in [5.41, 5.74) is 0. The summed E-state index contributed by atoms with van der Waals surface area (Å²) in [7, 11) is 0. The first-order valence-corrected chi connectivity index (χ1v) is 7.86. The van der Waals surface area contributed by atoms with Crippen molar-refractivity contribution in [3.8, 4) is 0 Å². The van der Waals surface area contributed by atoms with Crippen molar-refractivity contribution in [2.24, 2.45) is 5.92 Å². The van der Waals surface area contributed by atoms with Gasteiger partial charge in [0.1, 0.15) is 0 Å². The Hall–Kier alpha value is -1.05. The number of hydrogen-bond donors (Lipinski definition) is 1. The van der Waals surface area contributed by atoms with Crippen LogP contribution in [0, 0.1) is 5.92 Å². The zero-order valence-electron chi connectivity index (χ0n) is 12.0. The Bertz CT molecular complexity index is 280. The maximum Gasteiger partial charge on any atom is 0.303 e. The molecule has 0 unspecified atom stereocenters. The van der Waals surface area contributed by atoms with Crippen molar-refractivity contribution in [2.75, 3.05) is 0 Å². The molecule has 1 aliphatic rings. The SMILES string of the molecule is O=C(O)CCCCCCCCCCCC1C=CC=C1. The number of carbonyl (C=O) groups is 1. The molecule has 0 bridgehead atoms. The third-order valence-electron chi connectivity index (χ3n) is 3.76. The van der Waals surface area contributed by atoms with Crippen molar-refractivity contribution < 1.29 is 9.90 Å². The number of rotatable bonds is 12. The van der Waals surface area contributed by atoms with Crippen LogP contribution in [0.3, 0.4) is 0 Å². The summed E-state index contributed by atoms with van der Waals surface area (Å²) in [5.74, 6) is 0.0428. The fourth-order valence-corrected chi connectivity index (χ4v) is 2.56. The molecule has 0 spiro atoms. The van der Waals surface area contributed by atoms with Crippen molar-refractivity contribution in [3.05, 3.63) is 24.3 Å². The summed E-state index contributed by atoms with van der Waals surface area (Å²) in [6.45, 7) is 0. The van der Waals surface area contributed by atoms with Gasteiger partial charge in [-0.3, -0.25) is 4.79 Å².